The molecule has 0 aliphatic carbocycles. The predicted molar refractivity (Wildman–Crippen MR) is 127 cm³/mol. The second-order valence-corrected chi connectivity index (χ2v) is 10.1. The number of halogens is 1. The highest BCUT2D eigenvalue weighted by Gasteiger charge is 2.27. The minimum absolute atomic E-state index is 0. The zero-order chi connectivity index (χ0) is 28.4. The van der Waals surface area contributed by atoms with Crippen LogP contribution in [0, 0.1) is 5.41 Å². The Bertz CT molecular complexity index is 1060. The Labute approximate surface area is 206 Å². The van der Waals surface area contributed by atoms with Crippen molar-refractivity contribution in [2.24, 2.45) is 5.41 Å². The molecule has 0 amide bonds. The summed E-state index contributed by atoms with van der Waals surface area (Å²) in [7, 11) is 3.23. The normalized spacial score (nSPS) is 16.0. The molecule has 0 fully saturated rings. The summed E-state index contributed by atoms with van der Waals surface area (Å²) < 4.78 is 68.2. The summed E-state index contributed by atoms with van der Waals surface area (Å²) in [6, 6.07) is 5.47. The van der Waals surface area contributed by atoms with Crippen molar-refractivity contribution >= 4 is 0 Å². The number of likely N-dealkylation sites (N-methyl/N-ethyl adjacent to an activating group) is 1. The van der Waals surface area contributed by atoms with E-state index >= 15 is 0 Å². The molecule has 174 valence electrons. The number of quaternary nitrogens is 1. The molecule has 0 unspecified atom stereocenters. The van der Waals surface area contributed by atoms with Gasteiger partial charge in [0.15, 0.2) is 0 Å². The summed E-state index contributed by atoms with van der Waals surface area (Å²) >= 11 is 0. The number of rotatable bonds is 11. The van der Waals surface area contributed by atoms with Crippen molar-refractivity contribution in [3.63, 3.8) is 0 Å². The maximum absolute atomic E-state index is 8.64. The van der Waals surface area contributed by atoms with Gasteiger partial charge in [-0.15, -0.1) is 0 Å². The van der Waals surface area contributed by atoms with Crippen LogP contribution in [0.4, 0.5) is 0 Å². The zero-order valence-corrected chi connectivity index (χ0v) is 20.7. The number of benzene rings is 2. The first-order valence-electron chi connectivity index (χ1n) is 14.0. The first kappa shape index (κ1) is 17.9. The van der Waals surface area contributed by atoms with Gasteiger partial charge in [0.25, 0.3) is 0 Å². The SMILES string of the molecule is [2H]c1c([2H])c([2H])c(C([2H])([2H])[N+](C)(C)CCOCCOc2ccc(C(C)(C)CC(C)(C)C)cc2)c([2H])c1[2H].[Cl-]. The number of hydrogen-bond acceptors (Lipinski definition) is 2. The first-order valence-corrected chi connectivity index (χ1v) is 10.5. The average molecular weight is 455 g/mol. The second kappa shape index (κ2) is 11.9. The van der Waals surface area contributed by atoms with Gasteiger partial charge in [-0.05, 0) is 34.9 Å². The van der Waals surface area contributed by atoms with E-state index in [1.165, 1.54) is 5.56 Å². The minimum atomic E-state index is -2.23. The molecule has 31 heavy (non-hydrogen) atoms. The van der Waals surface area contributed by atoms with Crippen LogP contribution in [-0.2, 0) is 16.6 Å². The molecule has 0 spiro atoms. The van der Waals surface area contributed by atoms with E-state index < -0.39 is 36.7 Å². The van der Waals surface area contributed by atoms with Gasteiger partial charge in [0.1, 0.15) is 25.4 Å². The molecule has 0 saturated carbocycles. The van der Waals surface area contributed by atoms with Crippen molar-refractivity contribution in [3.05, 3.63) is 65.6 Å². The predicted octanol–water partition coefficient (Wildman–Crippen LogP) is 3.08. The van der Waals surface area contributed by atoms with Gasteiger partial charge >= 0.3 is 0 Å². The lowest BCUT2D eigenvalue weighted by Gasteiger charge is -2.33. The first-order chi connectivity index (χ1) is 16.8. The molecule has 3 nitrogen and oxygen atoms in total. The number of nitrogens with zero attached hydrogens (tertiary/aromatic N) is 1. The van der Waals surface area contributed by atoms with Crippen LogP contribution >= 0.6 is 0 Å². The van der Waals surface area contributed by atoms with Crippen molar-refractivity contribution in [1.82, 2.24) is 0 Å². The fourth-order valence-corrected chi connectivity index (χ4v) is 3.71. The Kier molecular flexibility index (Phi) is 6.89. The van der Waals surface area contributed by atoms with E-state index in [0.29, 0.717) is 13.2 Å². The lowest BCUT2D eigenvalue weighted by Crippen LogP contribution is -3.00. The maximum Gasteiger partial charge on any atom is 0.119 e. The maximum atomic E-state index is 8.64. The summed E-state index contributed by atoms with van der Waals surface area (Å²) in [6.45, 7) is 10.1. The zero-order valence-electron chi connectivity index (χ0n) is 27.0. The van der Waals surface area contributed by atoms with Gasteiger partial charge in [0, 0.05) is 5.56 Å². The molecular formula is C27H42ClNO2. The lowest BCUT2D eigenvalue weighted by atomic mass is 9.72. The molecule has 4 heteroatoms. The van der Waals surface area contributed by atoms with Gasteiger partial charge in [0.05, 0.1) is 36.9 Å². The molecule has 2 rings (SSSR count). The van der Waals surface area contributed by atoms with Crippen molar-refractivity contribution < 1.29 is 36.0 Å². The molecule has 2 aromatic carbocycles. The third-order valence-corrected chi connectivity index (χ3v) is 4.81. The molecular weight excluding hydrogens is 406 g/mol. The van der Waals surface area contributed by atoms with Crippen LogP contribution in [0.15, 0.2) is 54.5 Å². The summed E-state index contributed by atoms with van der Waals surface area (Å²) in [5.74, 6) is 0.757. The van der Waals surface area contributed by atoms with E-state index in [2.05, 4.69) is 46.8 Å². The summed E-state index contributed by atoms with van der Waals surface area (Å²) in [4.78, 5) is 0. The van der Waals surface area contributed by atoms with Crippen LogP contribution < -0.4 is 17.1 Å². The lowest BCUT2D eigenvalue weighted by molar-refractivity contribution is -0.904. The van der Waals surface area contributed by atoms with E-state index in [9.17, 15) is 0 Å². The molecule has 0 aliphatic rings. The number of ether oxygens (including phenoxy) is 2. The molecule has 0 heterocycles. The third-order valence-electron chi connectivity index (χ3n) is 4.81. The highest BCUT2D eigenvalue weighted by molar-refractivity contribution is 5.31. The fraction of sp³-hybridized carbons (Fsp3) is 0.556. The van der Waals surface area contributed by atoms with Crippen molar-refractivity contribution in [3.8, 4) is 5.75 Å². The molecule has 0 aromatic heterocycles. The monoisotopic (exact) mass is 454 g/mol. The van der Waals surface area contributed by atoms with Gasteiger partial charge in [-0.25, -0.2) is 0 Å². The minimum Gasteiger partial charge on any atom is -1.00 e. The Morgan fingerprint density at radius 1 is 0.903 bits per heavy atom. The van der Waals surface area contributed by atoms with Crippen LogP contribution in [0.3, 0.4) is 0 Å². The van der Waals surface area contributed by atoms with Crippen LogP contribution in [0.25, 0.3) is 0 Å². The van der Waals surface area contributed by atoms with E-state index in [0.717, 1.165) is 12.2 Å². The largest absolute Gasteiger partial charge is 1.00 e. The van der Waals surface area contributed by atoms with Crippen LogP contribution in [0.2, 0.25) is 0 Å². The van der Waals surface area contributed by atoms with Gasteiger partial charge in [0.2, 0.25) is 0 Å². The van der Waals surface area contributed by atoms with E-state index in [1.807, 2.05) is 12.1 Å². The Morgan fingerprint density at radius 2 is 1.52 bits per heavy atom. The van der Waals surface area contributed by atoms with E-state index in [4.69, 9.17) is 19.1 Å². The summed E-state index contributed by atoms with van der Waals surface area (Å²) in [5.41, 5.74) is 1.21. The Morgan fingerprint density at radius 3 is 2.10 bits per heavy atom. The quantitative estimate of drug-likeness (QED) is 0.383. The van der Waals surface area contributed by atoms with Crippen LogP contribution in [0.1, 0.15) is 61.8 Å². The molecule has 0 bridgehead atoms. The summed E-state index contributed by atoms with van der Waals surface area (Å²) in [6.07, 6.45) is 1.07. The van der Waals surface area contributed by atoms with Gasteiger partial charge in [-0.1, -0.05) is 77.0 Å². The number of hydrogen-bond donors (Lipinski definition) is 0. The topological polar surface area (TPSA) is 18.5 Å². The summed E-state index contributed by atoms with van der Waals surface area (Å²) in [5, 5.41) is 0. The third kappa shape index (κ3) is 10.5. The second-order valence-electron chi connectivity index (χ2n) is 10.1. The van der Waals surface area contributed by atoms with Crippen LogP contribution in [0.5, 0.6) is 5.75 Å². The highest BCUT2D eigenvalue weighted by atomic mass is 35.5. The van der Waals surface area contributed by atoms with Crippen molar-refractivity contribution in [2.45, 2.75) is 53.0 Å². The Balaban J connectivity index is 0.00000722. The standard InChI is InChI=1S/C27H42NO2.ClH/c1-26(2,3)22-27(4,5)24-13-15-25(16-14-24)30-20-19-29-18-17-28(6,7)21-23-11-9-8-10-12-23;/h8-16H,17-22H2,1-7H3;1H/q+1;/p-1/i8D,9D,10D,11D,12D,21D2;. The van der Waals surface area contributed by atoms with Crippen molar-refractivity contribution in [1.29, 1.82) is 0 Å². The van der Waals surface area contributed by atoms with Crippen LogP contribution in [-0.4, -0.2) is 44.9 Å². The molecule has 0 radical (unpaired) electrons. The highest BCUT2D eigenvalue weighted by Crippen LogP contribution is 2.36. The smallest absolute Gasteiger partial charge is 0.119 e. The molecule has 0 atom stereocenters. The van der Waals surface area contributed by atoms with Gasteiger partial charge < -0.3 is 26.4 Å². The molecule has 2 aromatic rings. The van der Waals surface area contributed by atoms with E-state index in [-0.39, 0.29) is 46.4 Å². The van der Waals surface area contributed by atoms with Gasteiger partial charge in [-0.3, -0.25) is 0 Å². The van der Waals surface area contributed by atoms with Crippen molar-refractivity contribution in [2.75, 3.05) is 40.5 Å². The van der Waals surface area contributed by atoms with Gasteiger partial charge in [-0.2, -0.15) is 0 Å². The molecule has 0 N–H and O–H groups in total. The Hall–Kier alpha value is -1.55. The van der Waals surface area contributed by atoms with E-state index in [1.54, 1.807) is 14.1 Å². The molecule has 0 saturated heterocycles. The fourth-order valence-electron chi connectivity index (χ4n) is 3.71. The average Bonchev–Trinajstić information content (AvgIpc) is 2.77. The molecule has 0 aliphatic heterocycles.